The van der Waals surface area contributed by atoms with E-state index in [9.17, 15) is 22.8 Å². The molecule has 0 aromatic heterocycles. The molecule has 8 rings (SSSR count). The summed E-state index contributed by atoms with van der Waals surface area (Å²) in [5.74, 6) is 1.48. The van der Waals surface area contributed by atoms with Crippen LogP contribution in [-0.2, 0) is 46.4 Å². The molecule has 4 aliphatic heterocycles. The highest BCUT2D eigenvalue weighted by molar-refractivity contribution is 8.06. The number of allylic oxidation sites excluding steroid dienone is 3. The summed E-state index contributed by atoms with van der Waals surface area (Å²) in [6.45, 7) is 2.29. The average Bonchev–Trinajstić information content (AvgIpc) is 3.99. The molecule has 3 aromatic carbocycles. The second kappa shape index (κ2) is 17.3. The summed E-state index contributed by atoms with van der Waals surface area (Å²) >= 11 is 2.46. The van der Waals surface area contributed by atoms with E-state index in [0.717, 1.165) is 17.6 Å². The first-order valence-electron chi connectivity index (χ1n) is 19.3. The van der Waals surface area contributed by atoms with Crippen LogP contribution in [0, 0.1) is 0 Å². The largest absolute Gasteiger partial charge is 0.573 e. The predicted molar refractivity (Wildman–Crippen MR) is 219 cm³/mol. The van der Waals surface area contributed by atoms with Crippen LogP contribution >= 0.6 is 23.5 Å². The lowest BCUT2D eigenvalue weighted by Gasteiger charge is -2.52. The Balaban J connectivity index is 1.28. The minimum Gasteiger partial charge on any atom is -0.497 e. The fraction of sp³-hybridized carbons (Fsp3) is 0.318. The quantitative estimate of drug-likeness (QED) is 0.154. The number of ether oxygens (including phenoxy) is 8. The second-order valence-corrected chi connectivity index (χ2v) is 16.5. The number of halogens is 3. The summed E-state index contributed by atoms with van der Waals surface area (Å²) in [5, 5.41) is 0. The number of hydrogen-bond acceptors (Lipinski definition) is 12. The Kier molecular flexibility index (Phi) is 11.9. The molecule has 2 fully saturated rings. The van der Waals surface area contributed by atoms with E-state index in [4.69, 9.17) is 33.2 Å². The van der Waals surface area contributed by atoms with Crippen molar-refractivity contribution >= 4 is 35.3 Å². The van der Waals surface area contributed by atoms with Crippen molar-refractivity contribution < 1.29 is 60.7 Å². The first-order chi connectivity index (χ1) is 29.5. The molecule has 0 radical (unpaired) electrons. The van der Waals surface area contributed by atoms with Crippen LogP contribution in [0.3, 0.4) is 0 Å². The third-order valence-corrected chi connectivity index (χ3v) is 13.7. The third-order valence-electron chi connectivity index (χ3n) is 10.5. The lowest BCUT2D eigenvalue weighted by Crippen LogP contribution is -2.67. The summed E-state index contributed by atoms with van der Waals surface area (Å²) in [5.41, 5.74) is 2.63. The lowest BCUT2D eigenvalue weighted by atomic mass is 9.96. The molecule has 3 atom stereocenters. The smallest absolute Gasteiger partial charge is 0.497 e. The first kappa shape index (κ1) is 41.9. The molecule has 0 spiro atoms. The molecule has 12 nitrogen and oxygen atoms in total. The van der Waals surface area contributed by atoms with E-state index in [-0.39, 0.29) is 47.9 Å². The van der Waals surface area contributed by atoms with Gasteiger partial charge in [0.1, 0.15) is 41.8 Å². The van der Waals surface area contributed by atoms with Gasteiger partial charge in [-0.25, -0.2) is 0 Å². The van der Waals surface area contributed by atoms with Gasteiger partial charge in [-0.2, -0.15) is 0 Å². The molecular formula is C44H41F3N2O10S2. The van der Waals surface area contributed by atoms with Gasteiger partial charge in [0, 0.05) is 24.2 Å². The van der Waals surface area contributed by atoms with Crippen LogP contribution in [-0.4, -0.2) is 70.1 Å². The maximum Gasteiger partial charge on any atom is 0.573 e. The number of rotatable bonds is 14. The Morgan fingerprint density at radius 3 is 2.03 bits per heavy atom. The molecule has 2 saturated heterocycles. The van der Waals surface area contributed by atoms with Crippen molar-refractivity contribution in [3.63, 3.8) is 0 Å². The van der Waals surface area contributed by atoms with Crippen LogP contribution in [0.15, 0.2) is 132 Å². The summed E-state index contributed by atoms with van der Waals surface area (Å²) in [6, 6.07) is 19.8. The number of nitrogens with zero attached hydrogens (tertiary/aromatic N) is 2. The number of amides is 2. The molecule has 320 valence electrons. The fourth-order valence-electron chi connectivity index (χ4n) is 7.78. The highest BCUT2D eigenvalue weighted by Gasteiger charge is 2.73. The summed E-state index contributed by atoms with van der Waals surface area (Å²) < 4.78 is 86.4. The number of carbonyl (C=O) groups excluding carboxylic acids is 2. The normalized spacial score (nSPS) is 23.7. The van der Waals surface area contributed by atoms with Crippen molar-refractivity contribution in [3.8, 4) is 17.2 Å². The first-order valence-corrected chi connectivity index (χ1v) is 21.2. The summed E-state index contributed by atoms with van der Waals surface area (Å²) in [6.07, 6.45) is 3.71. The number of carbonyl (C=O) groups is 2. The molecule has 3 aromatic rings. The van der Waals surface area contributed by atoms with Gasteiger partial charge in [0.05, 0.1) is 32.3 Å². The van der Waals surface area contributed by atoms with Gasteiger partial charge < -0.3 is 47.7 Å². The molecule has 0 saturated carbocycles. The van der Waals surface area contributed by atoms with E-state index in [1.807, 2.05) is 49.4 Å². The zero-order valence-electron chi connectivity index (χ0n) is 33.3. The molecule has 0 N–H and O–H groups in total. The van der Waals surface area contributed by atoms with E-state index in [0.29, 0.717) is 47.2 Å². The van der Waals surface area contributed by atoms with Gasteiger partial charge in [0.25, 0.3) is 6.29 Å². The van der Waals surface area contributed by atoms with E-state index >= 15 is 0 Å². The van der Waals surface area contributed by atoms with E-state index in [2.05, 4.69) is 4.74 Å². The molecule has 4 heterocycles. The summed E-state index contributed by atoms with van der Waals surface area (Å²) in [7, 11) is 3.12. The molecule has 2 amide bonds. The number of methoxy groups -OCH3 is 2. The molecule has 3 unspecified atom stereocenters. The van der Waals surface area contributed by atoms with E-state index < -0.39 is 28.1 Å². The van der Waals surface area contributed by atoms with Gasteiger partial charge in [-0.15, -0.1) is 36.7 Å². The standard InChI is InChI=1S/C44H41F3N2O10S2/c1-4-54-31-16-12-28(13-17-31)22-49-40(51)27-61-43(49,38-25-57-41(58-38)30-8-7-9-33(20-30)52-2)42(37-24-55-36(23-56-37)34-10-5-6-11-35(34)53-3)48(39(50)26-60-42)21-29-14-18-32(19-15-29)59-44(45,46)47/h6-9,11-20,23-25,41H,4-5,10,21-22,26-27H2,1-3H3. The third kappa shape index (κ3) is 8.08. The van der Waals surface area contributed by atoms with Gasteiger partial charge in [0.15, 0.2) is 27.0 Å². The van der Waals surface area contributed by atoms with Crippen LogP contribution in [0.4, 0.5) is 13.2 Å². The average molecular weight is 879 g/mol. The maximum atomic E-state index is 14.6. The van der Waals surface area contributed by atoms with E-state index in [1.165, 1.54) is 66.6 Å². The van der Waals surface area contributed by atoms with Gasteiger partial charge in [-0.3, -0.25) is 9.59 Å². The minimum absolute atomic E-state index is 0.0268. The van der Waals surface area contributed by atoms with Crippen LogP contribution < -0.4 is 14.2 Å². The number of thioether (sulfide) groups is 2. The van der Waals surface area contributed by atoms with Crippen molar-refractivity contribution in [1.82, 2.24) is 9.80 Å². The van der Waals surface area contributed by atoms with Crippen molar-refractivity contribution in [1.29, 1.82) is 0 Å². The maximum absolute atomic E-state index is 14.6. The fourth-order valence-corrected chi connectivity index (χ4v) is 11.0. The SMILES string of the molecule is CCOc1ccc(CN2C(=O)CSC2(C2=COC(c3cccc(OC)c3)O2)C2(C3=COC(C4=C(OC)C=CCC4)=CO3)SCC(=O)N2Cc2ccc(OC(F)(F)F)cc2)cc1. The number of alkyl halides is 3. The minimum atomic E-state index is -4.89. The number of hydrogen-bond donors (Lipinski definition) is 0. The van der Waals surface area contributed by atoms with Crippen LogP contribution in [0.2, 0.25) is 0 Å². The van der Waals surface area contributed by atoms with Gasteiger partial charge in [-0.1, -0.05) is 42.5 Å². The zero-order chi connectivity index (χ0) is 42.8. The topological polar surface area (TPSA) is 114 Å². The van der Waals surface area contributed by atoms with Gasteiger partial charge in [-0.05, 0) is 73.4 Å². The monoisotopic (exact) mass is 878 g/mol. The summed E-state index contributed by atoms with van der Waals surface area (Å²) in [4.78, 5) is 29.0. The zero-order valence-corrected chi connectivity index (χ0v) is 34.9. The van der Waals surface area contributed by atoms with Gasteiger partial charge >= 0.3 is 6.36 Å². The molecule has 17 heteroatoms. The van der Waals surface area contributed by atoms with E-state index in [1.54, 1.807) is 42.2 Å². The van der Waals surface area contributed by atoms with Crippen molar-refractivity contribution in [3.05, 3.63) is 149 Å². The molecule has 1 aliphatic carbocycles. The van der Waals surface area contributed by atoms with Crippen molar-refractivity contribution in [2.75, 3.05) is 32.3 Å². The predicted octanol–water partition coefficient (Wildman–Crippen LogP) is 8.80. The van der Waals surface area contributed by atoms with Crippen LogP contribution in [0.5, 0.6) is 17.2 Å². The Morgan fingerprint density at radius 2 is 1.44 bits per heavy atom. The van der Waals surface area contributed by atoms with Crippen molar-refractivity contribution in [2.45, 2.75) is 55.2 Å². The second-order valence-electron chi connectivity index (χ2n) is 14.1. The molecule has 0 bridgehead atoms. The van der Waals surface area contributed by atoms with Gasteiger partial charge in [0.2, 0.25) is 11.8 Å². The van der Waals surface area contributed by atoms with Crippen LogP contribution in [0.25, 0.3) is 0 Å². The lowest BCUT2D eigenvalue weighted by molar-refractivity contribution is -0.274. The Hall–Kier alpha value is -5.81. The highest BCUT2D eigenvalue weighted by Crippen LogP contribution is 2.64. The Morgan fingerprint density at radius 1 is 0.787 bits per heavy atom. The Labute approximate surface area is 358 Å². The van der Waals surface area contributed by atoms with Crippen molar-refractivity contribution in [2.24, 2.45) is 0 Å². The number of benzene rings is 3. The molecule has 5 aliphatic rings. The van der Waals surface area contributed by atoms with Crippen LogP contribution in [0.1, 0.15) is 42.7 Å². The molecule has 61 heavy (non-hydrogen) atoms. The molecular weight excluding hydrogens is 838 g/mol. The Bertz CT molecular complexity index is 2310. The highest BCUT2D eigenvalue weighted by atomic mass is 32.2.